The molecule has 0 N–H and O–H groups in total. The van der Waals surface area contributed by atoms with Crippen LogP contribution < -0.4 is 0 Å². The summed E-state index contributed by atoms with van der Waals surface area (Å²) in [6, 6.07) is 13.7. The zero-order valence-corrected chi connectivity index (χ0v) is 11.9. The molecule has 0 bridgehead atoms. The number of nitriles is 1. The summed E-state index contributed by atoms with van der Waals surface area (Å²) in [4.78, 5) is 4.54. The largest absolute Gasteiger partial charge is 0.273 e. The van der Waals surface area contributed by atoms with E-state index in [4.69, 9.17) is 11.6 Å². The average molecular weight is 282 g/mol. The Kier molecular flexibility index (Phi) is 2.96. The van der Waals surface area contributed by atoms with Crippen LogP contribution in [-0.4, -0.2) is 9.38 Å². The smallest absolute Gasteiger partial charge is 0.153 e. The predicted molar refractivity (Wildman–Crippen MR) is 79.8 cm³/mol. The highest BCUT2D eigenvalue weighted by molar-refractivity contribution is 6.29. The van der Waals surface area contributed by atoms with Crippen molar-refractivity contribution in [2.45, 2.75) is 13.8 Å². The van der Waals surface area contributed by atoms with Gasteiger partial charge in [0.05, 0.1) is 0 Å². The number of pyridine rings is 1. The van der Waals surface area contributed by atoms with Gasteiger partial charge in [-0.3, -0.25) is 4.40 Å². The molecule has 0 atom stereocenters. The summed E-state index contributed by atoms with van der Waals surface area (Å²) in [6.45, 7) is 4.11. The fourth-order valence-corrected chi connectivity index (χ4v) is 2.49. The molecule has 98 valence electrons. The van der Waals surface area contributed by atoms with Gasteiger partial charge in [0.2, 0.25) is 0 Å². The number of benzene rings is 1. The zero-order chi connectivity index (χ0) is 14.3. The number of fused-ring (bicyclic) bond motifs is 1. The second-order valence-corrected chi connectivity index (χ2v) is 5.15. The minimum atomic E-state index is 0.467. The van der Waals surface area contributed by atoms with E-state index in [2.05, 4.69) is 18.0 Å². The van der Waals surface area contributed by atoms with Crippen molar-refractivity contribution >= 4 is 17.2 Å². The zero-order valence-electron chi connectivity index (χ0n) is 11.2. The van der Waals surface area contributed by atoms with Crippen molar-refractivity contribution in [2.24, 2.45) is 0 Å². The lowest BCUT2D eigenvalue weighted by atomic mass is 10.0. The molecule has 3 nitrogen and oxygen atoms in total. The Balaban J connectivity index is 2.34. The Bertz CT molecular complexity index is 856. The van der Waals surface area contributed by atoms with E-state index in [0.717, 1.165) is 5.56 Å². The lowest BCUT2D eigenvalue weighted by molar-refractivity contribution is 1.15. The molecule has 4 heteroatoms. The Morgan fingerprint density at radius 2 is 1.95 bits per heavy atom. The quantitative estimate of drug-likeness (QED) is 0.629. The number of hydrogen-bond acceptors (Lipinski definition) is 2. The molecule has 0 saturated heterocycles. The van der Waals surface area contributed by atoms with Gasteiger partial charge in [-0.15, -0.1) is 0 Å². The predicted octanol–water partition coefficient (Wildman–Crippen LogP) is 4.14. The maximum absolute atomic E-state index is 9.45. The van der Waals surface area contributed by atoms with Crippen molar-refractivity contribution in [3.8, 4) is 17.3 Å². The first-order chi connectivity index (χ1) is 9.61. The number of nitrogens with zero attached hydrogens (tertiary/aromatic N) is 3. The maximum Gasteiger partial charge on any atom is 0.153 e. The number of halogens is 1. The van der Waals surface area contributed by atoms with Crippen LogP contribution in [0.3, 0.4) is 0 Å². The van der Waals surface area contributed by atoms with Gasteiger partial charge in [0, 0.05) is 5.56 Å². The SMILES string of the molecule is Cc1ccc(-c2nc3cccc(Cl)n3c2C#N)cc1C. The summed E-state index contributed by atoms with van der Waals surface area (Å²) < 4.78 is 1.67. The van der Waals surface area contributed by atoms with E-state index in [1.807, 2.05) is 37.3 Å². The third-order valence-electron chi connectivity index (χ3n) is 3.48. The molecule has 0 amide bonds. The molecule has 0 radical (unpaired) electrons. The molecule has 0 saturated carbocycles. The van der Waals surface area contributed by atoms with Crippen molar-refractivity contribution in [2.75, 3.05) is 0 Å². The van der Waals surface area contributed by atoms with Gasteiger partial charge in [-0.25, -0.2) is 4.98 Å². The molecule has 0 spiro atoms. The molecule has 2 heterocycles. The second-order valence-electron chi connectivity index (χ2n) is 4.76. The van der Waals surface area contributed by atoms with Crippen molar-refractivity contribution in [1.82, 2.24) is 9.38 Å². The van der Waals surface area contributed by atoms with Crippen LogP contribution in [0.2, 0.25) is 5.15 Å². The highest BCUT2D eigenvalue weighted by Gasteiger charge is 2.15. The van der Waals surface area contributed by atoms with Crippen LogP contribution in [0.5, 0.6) is 0 Å². The second kappa shape index (κ2) is 4.66. The minimum absolute atomic E-state index is 0.467. The van der Waals surface area contributed by atoms with Crippen LogP contribution in [0.1, 0.15) is 16.8 Å². The normalized spacial score (nSPS) is 10.7. The van der Waals surface area contributed by atoms with Gasteiger partial charge in [0.25, 0.3) is 0 Å². The summed E-state index contributed by atoms with van der Waals surface area (Å²) >= 11 is 6.17. The van der Waals surface area contributed by atoms with E-state index in [-0.39, 0.29) is 0 Å². The average Bonchev–Trinajstić information content (AvgIpc) is 2.82. The van der Waals surface area contributed by atoms with Crippen LogP contribution in [0, 0.1) is 25.2 Å². The molecule has 0 aliphatic rings. The van der Waals surface area contributed by atoms with Gasteiger partial charge in [-0.1, -0.05) is 29.8 Å². The molecule has 1 aromatic carbocycles. The Labute approximate surface area is 122 Å². The van der Waals surface area contributed by atoms with Gasteiger partial charge < -0.3 is 0 Å². The van der Waals surface area contributed by atoms with Crippen LogP contribution in [0.4, 0.5) is 0 Å². The van der Waals surface area contributed by atoms with Gasteiger partial charge in [0.15, 0.2) is 5.69 Å². The fraction of sp³-hybridized carbons (Fsp3) is 0.125. The highest BCUT2D eigenvalue weighted by atomic mass is 35.5. The monoisotopic (exact) mass is 281 g/mol. The van der Waals surface area contributed by atoms with Crippen molar-refractivity contribution in [3.63, 3.8) is 0 Å². The molecule has 0 fully saturated rings. The summed E-state index contributed by atoms with van der Waals surface area (Å²) in [5.74, 6) is 0. The van der Waals surface area contributed by atoms with E-state index < -0.39 is 0 Å². The first-order valence-corrected chi connectivity index (χ1v) is 6.64. The van der Waals surface area contributed by atoms with Crippen LogP contribution in [-0.2, 0) is 0 Å². The van der Waals surface area contributed by atoms with Crippen LogP contribution >= 0.6 is 11.6 Å². The Hall–Kier alpha value is -2.31. The highest BCUT2D eigenvalue weighted by Crippen LogP contribution is 2.27. The number of rotatable bonds is 1. The van der Waals surface area contributed by atoms with E-state index >= 15 is 0 Å². The molecule has 3 rings (SSSR count). The molecular weight excluding hydrogens is 270 g/mol. The third kappa shape index (κ3) is 1.86. The van der Waals surface area contributed by atoms with Crippen LogP contribution in [0.25, 0.3) is 16.9 Å². The standard InChI is InChI=1S/C16H12ClN3/c1-10-6-7-12(8-11(10)2)16-13(9-18)20-14(17)4-3-5-15(20)19-16/h3-8H,1-2H3. The molecule has 3 aromatic rings. The summed E-state index contributed by atoms with van der Waals surface area (Å²) in [6.07, 6.45) is 0. The molecule has 0 unspecified atom stereocenters. The van der Waals surface area contributed by atoms with E-state index in [9.17, 15) is 5.26 Å². The number of hydrogen-bond donors (Lipinski definition) is 0. The first kappa shape index (κ1) is 12.7. The van der Waals surface area contributed by atoms with E-state index in [0.29, 0.717) is 22.2 Å². The van der Waals surface area contributed by atoms with Gasteiger partial charge >= 0.3 is 0 Å². The van der Waals surface area contributed by atoms with Gasteiger partial charge in [-0.05, 0) is 43.2 Å². The van der Waals surface area contributed by atoms with Crippen molar-refractivity contribution in [1.29, 1.82) is 5.26 Å². The molecule has 0 aliphatic heterocycles. The number of aromatic nitrogens is 2. The van der Waals surface area contributed by atoms with Crippen LogP contribution in [0.15, 0.2) is 36.4 Å². The third-order valence-corrected chi connectivity index (χ3v) is 3.78. The van der Waals surface area contributed by atoms with E-state index in [1.165, 1.54) is 11.1 Å². The molecular formula is C16H12ClN3. The number of imidazole rings is 1. The maximum atomic E-state index is 9.45. The summed E-state index contributed by atoms with van der Waals surface area (Å²) in [5, 5.41) is 9.93. The summed E-state index contributed by atoms with van der Waals surface area (Å²) in [7, 11) is 0. The minimum Gasteiger partial charge on any atom is -0.273 e. The Morgan fingerprint density at radius 3 is 2.65 bits per heavy atom. The summed E-state index contributed by atoms with van der Waals surface area (Å²) in [5.41, 5.74) is 5.15. The van der Waals surface area contributed by atoms with Crippen molar-refractivity contribution in [3.05, 3.63) is 58.4 Å². The molecule has 20 heavy (non-hydrogen) atoms. The topological polar surface area (TPSA) is 41.1 Å². The molecule has 0 aliphatic carbocycles. The molecule has 2 aromatic heterocycles. The van der Waals surface area contributed by atoms with E-state index in [1.54, 1.807) is 10.5 Å². The Morgan fingerprint density at radius 1 is 1.15 bits per heavy atom. The number of aryl methyl sites for hydroxylation is 2. The van der Waals surface area contributed by atoms with Crippen molar-refractivity contribution < 1.29 is 0 Å². The van der Waals surface area contributed by atoms with Gasteiger partial charge in [0.1, 0.15) is 22.6 Å². The van der Waals surface area contributed by atoms with Gasteiger partial charge in [-0.2, -0.15) is 5.26 Å². The lowest BCUT2D eigenvalue weighted by Gasteiger charge is -2.03. The first-order valence-electron chi connectivity index (χ1n) is 6.26. The lowest BCUT2D eigenvalue weighted by Crippen LogP contribution is -1.91. The fourth-order valence-electron chi connectivity index (χ4n) is 2.25.